The number of para-hydroxylation sites is 1. The van der Waals surface area contributed by atoms with Gasteiger partial charge in [-0.15, -0.1) is 0 Å². The van der Waals surface area contributed by atoms with Gasteiger partial charge >= 0.3 is 5.97 Å². The lowest BCUT2D eigenvalue weighted by Crippen LogP contribution is -2.19. The van der Waals surface area contributed by atoms with Gasteiger partial charge in [0.05, 0.1) is 29.6 Å². The number of fused-ring (bicyclic) bond motifs is 3. The first kappa shape index (κ1) is 16.1. The van der Waals surface area contributed by atoms with E-state index in [0.29, 0.717) is 22.2 Å². The molecule has 132 valence electrons. The Bertz CT molecular complexity index is 1210. The minimum Gasteiger partial charge on any atom is -0.462 e. The largest absolute Gasteiger partial charge is 0.462 e. The minimum atomic E-state index is -0.446. The zero-order valence-corrected chi connectivity index (χ0v) is 14.8. The van der Waals surface area contributed by atoms with Crippen LogP contribution in [-0.2, 0) is 18.8 Å². The fraction of sp³-hybridized carbons (Fsp3) is 0.211. The summed E-state index contributed by atoms with van der Waals surface area (Å²) < 4.78 is 10.2. The molecular formula is C19H18N4O3. The van der Waals surface area contributed by atoms with Gasteiger partial charge in [-0.25, -0.2) is 4.79 Å². The third kappa shape index (κ3) is 2.24. The first-order chi connectivity index (χ1) is 12.5. The monoisotopic (exact) mass is 350 g/mol. The second-order valence-corrected chi connectivity index (χ2v) is 6.11. The number of hydrogen-bond donors (Lipinski definition) is 0. The van der Waals surface area contributed by atoms with Crippen LogP contribution >= 0.6 is 0 Å². The van der Waals surface area contributed by atoms with Crippen molar-refractivity contribution >= 4 is 27.8 Å². The number of nitrogens with zero attached hydrogens (tertiary/aromatic N) is 4. The number of esters is 1. The molecule has 0 fully saturated rings. The van der Waals surface area contributed by atoms with Crippen LogP contribution < -0.4 is 5.56 Å². The van der Waals surface area contributed by atoms with Gasteiger partial charge in [-0.1, -0.05) is 18.2 Å². The summed E-state index contributed by atoms with van der Waals surface area (Å²) in [6.07, 6.45) is 5.11. The summed E-state index contributed by atoms with van der Waals surface area (Å²) in [5, 5.41) is 5.61. The van der Waals surface area contributed by atoms with E-state index in [9.17, 15) is 9.59 Å². The average molecular weight is 350 g/mol. The Kier molecular flexibility index (Phi) is 3.64. The van der Waals surface area contributed by atoms with Crippen molar-refractivity contribution in [2.24, 2.45) is 14.1 Å². The Morgan fingerprint density at radius 2 is 1.96 bits per heavy atom. The highest BCUT2D eigenvalue weighted by Gasteiger charge is 2.23. The van der Waals surface area contributed by atoms with E-state index in [1.807, 2.05) is 24.3 Å². The first-order valence-electron chi connectivity index (χ1n) is 8.31. The van der Waals surface area contributed by atoms with Crippen molar-refractivity contribution in [3.63, 3.8) is 0 Å². The summed E-state index contributed by atoms with van der Waals surface area (Å²) in [7, 11) is 3.53. The van der Waals surface area contributed by atoms with E-state index >= 15 is 0 Å². The molecule has 0 N–H and O–H groups in total. The van der Waals surface area contributed by atoms with Crippen LogP contribution in [0.15, 0.2) is 47.7 Å². The molecule has 7 heteroatoms. The number of carbonyl (C=O) groups excluding carboxylic acids is 1. The summed E-state index contributed by atoms with van der Waals surface area (Å²) in [5.41, 5.74) is 2.10. The number of pyridine rings is 1. The summed E-state index contributed by atoms with van der Waals surface area (Å²) >= 11 is 0. The molecule has 0 unspecified atom stereocenters. The van der Waals surface area contributed by atoms with E-state index in [2.05, 4.69) is 5.10 Å². The van der Waals surface area contributed by atoms with Gasteiger partial charge in [0.15, 0.2) is 0 Å². The van der Waals surface area contributed by atoms with Crippen LogP contribution in [-0.4, -0.2) is 31.5 Å². The quantitative estimate of drug-likeness (QED) is 0.532. The molecular weight excluding hydrogens is 332 g/mol. The van der Waals surface area contributed by atoms with Gasteiger partial charge in [-0.2, -0.15) is 5.10 Å². The van der Waals surface area contributed by atoms with E-state index in [0.717, 1.165) is 10.9 Å². The Labute approximate surface area is 149 Å². The molecule has 7 nitrogen and oxygen atoms in total. The van der Waals surface area contributed by atoms with Crippen molar-refractivity contribution in [1.29, 1.82) is 0 Å². The maximum atomic E-state index is 13.1. The van der Waals surface area contributed by atoms with E-state index < -0.39 is 5.97 Å². The topological polar surface area (TPSA) is 71.1 Å². The number of carbonyl (C=O) groups is 1. The minimum absolute atomic E-state index is 0.182. The molecule has 0 spiro atoms. The summed E-state index contributed by atoms with van der Waals surface area (Å²) in [4.78, 5) is 25.7. The molecule has 4 rings (SSSR count). The highest BCUT2D eigenvalue weighted by Crippen LogP contribution is 2.29. The Morgan fingerprint density at radius 1 is 1.19 bits per heavy atom. The summed E-state index contributed by atoms with van der Waals surface area (Å²) in [5.74, 6) is -0.446. The predicted molar refractivity (Wildman–Crippen MR) is 98.7 cm³/mol. The van der Waals surface area contributed by atoms with Gasteiger partial charge in [0.2, 0.25) is 0 Å². The number of ether oxygens (including phenoxy) is 1. The first-order valence-corrected chi connectivity index (χ1v) is 8.31. The van der Waals surface area contributed by atoms with Gasteiger partial charge in [-0.3, -0.25) is 9.48 Å². The van der Waals surface area contributed by atoms with Crippen molar-refractivity contribution < 1.29 is 9.53 Å². The third-order valence-corrected chi connectivity index (χ3v) is 4.51. The van der Waals surface area contributed by atoms with E-state index in [4.69, 9.17) is 4.74 Å². The third-order valence-electron chi connectivity index (χ3n) is 4.51. The normalized spacial score (nSPS) is 11.3. The molecule has 0 aliphatic rings. The molecule has 26 heavy (non-hydrogen) atoms. The van der Waals surface area contributed by atoms with Gasteiger partial charge in [0.1, 0.15) is 5.52 Å². The molecule has 0 saturated carbocycles. The number of benzene rings is 1. The number of aromatic nitrogens is 4. The SMILES string of the molecule is CCOC(=O)c1cn(-c2cnn(C)c2)c2c(=O)n(C)c3ccccc3c12. The van der Waals surface area contributed by atoms with Gasteiger partial charge in [-0.05, 0) is 13.0 Å². The van der Waals surface area contributed by atoms with Gasteiger partial charge in [0, 0.05) is 37.3 Å². The molecule has 1 aromatic carbocycles. The predicted octanol–water partition coefficient (Wildman–Crippen LogP) is 2.39. The summed E-state index contributed by atoms with van der Waals surface area (Å²) in [6, 6.07) is 7.54. The molecule has 0 amide bonds. The molecule has 0 bridgehead atoms. The van der Waals surface area contributed by atoms with Crippen LogP contribution in [0.1, 0.15) is 17.3 Å². The highest BCUT2D eigenvalue weighted by molar-refractivity contribution is 6.15. The zero-order chi connectivity index (χ0) is 18.4. The molecule has 0 aliphatic carbocycles. The van der Waals surface area contributed by atoms with Crippen molar-refractivity contribution in [3.8, 4) is 5.69 Å². The molecule has 3 aromatic heterocycles. The van der Waals surface area contributed by atoms with Crippen LogP contribution in [0, 0.1) is 0 Å². The smallest absolute Gasteiger partial charge is 0.340 e. The highest BCUT2D eigenvalue weighted by atomic mass is 16.5. The van der Waals surface area contributed by atoms with Crippen LogP contribution in [0.3, 0.4) is 0 Å². The molecule has 0 atom stereocenters. The van der Waals surface area contributed by atoms with Gasteiger partial charge < -0.3 is 13.9 Å². The fourth-order valence-electron chi connectivity index (χ4n) is 3.33. The molecule has 0 aliphatic heterocycles. The zero-order valence-electron chi connectivity index (χ0n) is 14.8. The lowest BCUT2D eigenvalue weighted by molar-refractivity contribution is 0.0528. The number of hydrogen-bond acceptors (Lipinski definition) is 4. The number of rotatable bonds is 3. The molecule has 4 aromatic rings. The molecule has 0 saturated heterocycles. The lowest BCUT2D eigenvalue weighted by atomic mass is 10.1. The van der Waals surface area contributed by atoms with Crippen molar-refractivity contribution in [3.05, 3.63) is 58.8 Å². The van der Waals surface area contributed by atoms with E-state index in [1.54, 1.807) is 53.4 Å². The lowest BCUT2D eigenvalue weighted by Gasteiger charge is -2.09. The second kappa shape index (κ2) is 5.87. The van der Waals surface area contributed by atoms with Crippen molar-refractivity contribution in [2.75, 3.05) is 6.61 Å². The second-order valence-electron chi connectivity index (χ2n) is 6.11. The van der Waals surface area contributed by atoms with Crippen LogP contribution in [0.25, 0.3) is 27.5 Å². The maximum Gasteiger partial charge on any atom is 0.340 e. The maximum absolute atomic E-state index is 13.1. The van der Waals surface area contributed by atoms with Crippen LogP contribution in [0.4, 0.5) is 0 Å². The number of aryl methyl sites for hydroxylation is 2. The standard InChI is InChI=1S/C19H18N4O3/c1-4-26-19(25)14-11-23(12-9-20-21(2)10-12)17-16(14)13-7-5-6-8-15(13)22(3)18(17)24/h5-11H,4H2,1-3H3. The van der Waals surface area contributed by atoms with Crippen LogP contribution in [0.5, 0.6) is 0 Å². The molecule has 0 radical (unpaired) electrons. The Hall–Kier alpha value is -3.35. The molecule has 3 heterocycles. The summed E-state index contributed by atoms with van der Waals surface area (Å²) in [6.45, 7) is 2.02. The van der Waals surface area contributed by atoms with Crippen molar-refractivity contribution in [1.82, 2.24) is 18.9 Å². The van der Waals surface area contributed by atoms with Gasteiger partial charge in [0.25, 0.3) is 5.56 Å². The Morgan fingerprint density at radius 3 is 2.65 bits per heavy atom. The fourth-order valence-corrected chi connectivity index (χ4v) is 3.33. The van der Waals surface area contributed by atoms with E-state index in [-0.39, 0.29) is 12.2 Å². The average Bonchev–Trinajstić information content (AvgIpc) is 3.24. The van der Waals surface area contributed by atoms with E-state index in [1.165, 1.54) is 0 Å². The van der Waals surface area contributed by atoms with Crippen LogP contribution in [0.2, 0.25) is 0 Å². The Balaban J connectivity index is 2.21. The van der Waals surface area contributed by atoms with Crippen molar-refractivity contribution in [2.45, 2.75) is 6.92 Å².